The van der Waals surface area contributed by atoms with Crippen molar-refractivity contribution < 1.29 is 4.79 Å². The van der Waals surface area contributed by atoms with Gasteiger partial charge in [0.25, 0.3) is 0 Å². The zero-order valence-electron chi connectivity index (χ0n) is 6.92. The normalized spacial score (nSPS) is 13.6. The zero-order chi connectivity index (χ0) is 8.69. The molecule has 11 heavy (non-hydrogen) atoms. The lowest BCUT2D eigenvalue weighted by Crippen LogP contribution is -2.26. The lowest BCUT2D eigenvalue weighted by atomic mass is 10.1. The van der Waals surface area contributed by atoms with Crippen LogP contribution in [0.25, 0.3) is 0 Å². The molecule has 0 saturated heterocycles. The van der Waals surface area contributed by atoms with Gasteiger partial charge in [-0.3, -0.25) is 4.79 Å². The molecule has 0 aromatic rings. The molecular weight excluding hydrogens is 140 g/mol. The third-order valence-corrected chi connectivity index (χ3v) is 1.30. The monoisotopic (exact) mass is 156 g/mol. The van der Waals surface area contributed by atoms with Gasteiger partial charge in [0.1, 0.15) is 0 Å². The van der Waals surface area contributed by atoms with Gasteiger partial charge in [-0.2, -0.15) is 0 Å². The van der Waals surface area contributed by atoms with Gasteiger partial charge in [0.15, 0.2) is 0 Å². The fourth-order valence-electron chi connectivity index (χ4n) is 0.779. The van der Waals surface area contributed by atoms with E-state index in [2.05, 4.69) is 6.92 Å². The highest BCUT2D eigenvalue weighted by Gasteiger charge is 2.02. The summed E-state index contributed by atoms with van der Waals surface area (Å²) in [5.41, 5.74) is 10.5. The first-order valence-electron chi connectivity index (χ1n) is 3.85. The van der Waals surface area contributed by atoms with Crippen LogP contribution in [-0.2, 0) is 4.79 Å². The van der Waals surface area contributed by atoms with Crippen LogP contribution < -0.4 is 11.5 Å². The predicted octanol–water partition coefficient (Wildman–Crippen LogP) is 0.545. The molecule has 0 saturated carbocycles. The van der Waals surface area contributed by atoms with Crippen LogP contribution in [0.4, 0.5) is 0 Å². The van der Waals surface area contributed by atoms with E-state index in [0.717, 1.165) is 12.8 Å². The van der Waals surface area contributed by atoms with Gasteiger partial charge in [0, 0.05) is 12.5 Å². The second kappa shape index (κ2) is 5.92. The van der Waals surface area contributed by atoms with Crippen molar-refractivity contribution >= 4 is 5.91 Å². The molecule has 0 aromatic carbocycles. The number of amides is 1. The number of carbonyl (C=O) groups is 1. The standard InChI is InChI=1S/C8H16N2O/c1-2-3-4-5-7(9)6-8(10)11/h3-4,7H,2,5-6,9H2,1H3,(H2,10,11)/b4-3-. The molecule has 1 atom stereocenters. The molecule has 0 rings (SSSR count). The van der Waals surface area contributed by atoms with Gasteiger partial charge in [-0.15, -0.1) is 0 Å². The highest BCUT2D eigenvalue weighted by molar-refractivity contribution is 5.74. The van der Waals surface area contributed by atoms with Gasteiger partial charge in [0.2, 0.25) is 5.91 Å². The Bertz CT molecular complexity index is 143. The van der Waals surface area contributed by atoms with Crippen LogP contribution >= 0.6 is 0 Å². The quantitative estimate of drug-likeness (QED) is 0.570. The first-order chi connectivity index (χ1) is 5.16. The Balaban J connectivity index is 3.44. The fourth-order valence-corrected chi connectivity index (χ4v) is 0.779. The molecule has 3 heteroatoms. The first-order valence-corrected chi connectivity index (χ1v) is 3.85. The molecule has 1 unspecified atom stereocenters. The van der Waals surface area contributed by atoms with E-state index in [0.29, 0.717) is 0 Å². The summed E-state index contributed by atoms with van der Waals surface area (Å²) in [6.07, 6.45) is 6.02. The number of hydrogen-bond acceptors (Lipinski definition) is 2. The SMILES string of the molecule is CC/C=C\CC(N)CC(N)=O. The van der Waals surface area contributed by atoms with Crippen LogP contribution in [0.5, 0.6) is 0 Å². The molecule has 4 N–H and O–H groups in total. The molecular formula is C8H16N2O. The van der Waals surface area contributed by atoms with Crippen LogP contribution in [0.1, 0.15) is 26.2 Å². The van der Waals surface area contributed by atoms with Crippen molar-refractivity contribution in [1.82, 2.24) is 0 Å². The number of nitrogens with two attached hydrogens (primary N) is 2. The highest BCUT2D eigenvalue weighted by atomic mass is 16.1. The number of carbonyl (C=O) groups excluding carboxylic acids is 1. The summed E-state index contributed by atoms with van der Waals surface area (Å²) in [5.74, 6) is -0.331. The second-order valence-corrected chi connectivity index (χ2v) is 2.55. The zero-order valence-corrected chi connectivity index (χ0v) is 6.92. The third kappa shape index (κ3) is 7.06. The van der Waals surface area contributed by atoms with Gasteiger partial charge in [-0.25, -0.2) is 0 Å². The predicted molar refractivity (Wildman–Crippen MR) is 45.8 cm³/mol. The Morgan fingerprint density at radius 2 is 2.18 bits per heavy atom. The van der Waals surface area contributed by atoms with Crippen LogP contribution in [0.3, 0.4) is 0 Å². The van der Waals surface area contributed by atoms with Crippen molar-refractivity contribution in [1.29, 1.82) is 0 Å². The van der Waals surface area contributed by atoms with E-state index in [1.165, 1.54) is 0 Å². The van der Waals surface area contributed by atoms with E-state index < -0.39 is 0 Å². The summed E-state index contributed by atoms with van der Waals surface area (Å²) in [5, 5.41) is 0. The summed E-state index contributed by atoms with van der Waals surface area (Å²) < 4.78 is 0. The molecule has 0 bridgehead atoms. The Morgan fingerprint density at radius 1 is 1.55 bits per heavy atom. The molecule has 1 amide bonds. The number of allylic oxidation sites excluding steroid dienone is 1. The molecule has 0 radical (unpaired) electrons. The maximum Gasteiger partial charge on any atom is 0.218 e. The molecule has 64 valence electrons. The summed E-state index contributed by atoms with van der Waals surface area (Å²) in [6.45, 7) is 2.05. The van der Waals surface area contributed by atoms with Gasteiger partial charge >= 0.3 is 0 Å². The van der Waals surface area contributed by atoms with Crippen molar-refractivity contribution in [2.24, 2.45) is 11.5 Å². The minimum atomic E-state index is -0.331. The highest BCUT2D eigenvalue weighted by Crippen LogP contribution is 1.95. The Kier molecular flexibility index (Phi) is 5.47. The van der Waals surface area contributed by atoms with Crippen molar-refractivity contribution in [3.05, 3.63) is 12.2 Å². The summed E-state index contributed by atoms with van der Waals surface area (Å²) in [4.78, 5) is 10.4. The number of primary amides is 1. The summed E-state index contributed by atoms with van der Waals surface area (Å²) in [7, 11) is 0. The van der Waals surface area contributed by atoms with Crippen molar-refractivity contribution in [3.8, 4) is 0 Å². The lowest BCUT2D eigenvalue weighted by molar-refractivity contribution is -0.118. The average molecular weight is 156 g/mol. The molecule has 0 aliphatic carbocycles. The molecule has 0 aliphatic rings. The maximum atomic E-state index is 10.4. The fraction of sp³-hybridized carbons (Fsp3) is 0.625. The molecule has 0 heterocycles. The molecule has 0 fully saturated rings. The van der Waals surface area contributed by atoms with Crippen molar-refractivity contribution in [3.63, 3.8) is 0 Å². The first kappa shape index (κ1) is 10.2. The molecule has 0 spiro atoms. The van der Waals surface area contributed by atoms with Gasteiger partial charge in [0.05, 0.1) is 0 Å². The Labute approximate surface area is 67.4 Å². The van der Waals surface area contributed by atoms with Crippen LogP contribution in [0, 0.1) is 0 Å². The van der Waals surface area contributed by atoms with Gasteiger partial charge in [-0.05, 0) is 12.8 Å². The second-order valence-electron chi connectivity index (χ2n) is 2.55. The average Bonchev–Trinajstić information content (AvgIpc) is 1.86. The Hall–Kier alpha value is -0.830. The van der Waals surface area contributed by atoms with E-state index >= 15 is 0 Å². The van der Waals surface area contributed by atoms with E-state index in [9.17, 15) is 4.79 Å². The smallest absolute Gasteiger partial charge is 0.218 e. The van der Waals surface area contributed by atoms with E-state index in [4.69, 9.17) is 11.5 Å². The Morgan fingerprint density at radius 3 is 2.64 bits per heavy atom. The lowest BCUT2D eigenvalue weighted by Gasteiger charge is -2.04. The van der Waals surface area contributed by atoms with Crippen molar-refractivity contribution in [2.45, 2.75) is 32.2 Å². The molecule has 0 aliphatic heterocycles. The van der Waals surface area contributed by atoms with E-state index in [-0.39, 0.29) is 18.4 Å². The van der Waals surface area contributed by atoms with Crippen LogP contribution in [-0.4, -0.2) is 11.9 Å². The number of rotatable bonds is 5. The minimum absolute atomic E-state index is 0.115. The van der Waals surface area contributed by atoms with Crippen molar-refractivity contribution in [2.75, 3.05) is 0 Å². The summed E-state index contributed by atoms with van der Waals surface area (Å²) in [6, 6.07) is -0.115. The number of hydrogen-bond donors (Lipinski definition) is 2. The van der Waals surface area contributed by atoms with E-state index in [1.54, 1.807) is 0 Å². The van der Waals surface area contributed by atoms with Gasteiger partial charge < -0.3 is 11.5 Å². The topological polar surface area (TPSA) is 69.1 Å². The van der Waals surface area contributed by atoms with Crippen LogP contribution in [0.2, 0.25) is 0 Å². The molecule has 3 nitrogen and oxygen atoms in total. The molecule has 0 aromatic heterocycles. The van der Waals surface area contributed by atoms with Gasteiger partial charge in [-0.1, -0.05) is 19.1 Å². The largest absolute Gasteiger partial charge is 0.370 e. The maximum absolute atomic E-state index is 10.4. The van der Waals surface area contributed by atoms with Crippen LogP contribution in [0.15, 0.2) is 12.2 Å². The third-order valence-electron chi connectivity index (χ3n) is 1.30. The summed E-state index contributed by atoms with van der Waals surface area (Å²) >= 11 is 0. The van der Waals surface area contributed by atoms with E-state index in [1.807, 2.05) is 12.2 Å². The minimum Gasteiger partial charge on any atom is -0.370 e.